The molecule has 0 saturated carbocycles. The van der Waals surface area contributed by atoms with Gasteiger partial charge in [-0.3, -0.25) is 0 Å². The van der Waals surface area contributed by atoms with Crippen LogP contribution < -0.4 is 0 Å². The molecule has 0 spiro atoms. The minimum absolute atomic E-state index is 0.319. The second-order valence-corrected chi connectivity index (χ2v) is 5.20. The molecular formula is C15H14BrFO. The van der Waals surface area contributed by atoms with Crippen LogP contribution in [0.2, 0.25) is 0 Å². The van der Waals surface area contributed by atoms with Crippen molar-refractivity contribution in [2.45, 2.75) is 19.4 Å². The first-order chi connectivity index (χ1) is 8.58. The summed E-state index contributed by atoms with van der Waals surface area (Å²) in [7, 11) is 0. The fourth-order valence-corrected chi connectivity index (χ4v) is 2.60. The summed E-state index contributed by atoms with van der Waals surface area (Å²) < 4.78 is 14.3. The number of aliphatic hydroxyl groups excluding tert-OH is 1. The third-order valence-corrected chi connectivity index (χ3v) is 3.54. The standard InChI is InChI=1S/C15H14BrFO/c1-10-4-2-5-11(8-10)9-14(18)15-12(16)6-3-7-13(15)17/h2-8,14,18H,9H2,1H3. The Labute approximate surface area is 114 Å². The van der Waals surface area contributed by atoms with Crippen LogP contribution >= 0.6 is 15.9 Å². The van der Waals surface area contributed by atoms with Crippen molar-refractivity contribution >= 4 is 15.9 Å². The molecule has 0 amide bonds. The van der Waals surface area contributed by atoms with Crippen molar-refractivity contribution in [3.05, 3.63) is 69.4 Å². The highest BCUT2D eigenvalue weighted by atomic mass is 79.9. The first-order valence-corrected chi connectivity index (χ1v) is 6.55. The van der Waals surface area contributed by atoms with Crippen LogP contribution in [0.15, 0.2) is 46.9 Å². The van der Waals surface area contributed by atoms with Gasteiger partial charge in [0.05, 0.1) is 6.10 Å². The zero-order chi connectivity index (χ0) is 13.1. The Morgan fingerprint density at radius 1 is 1.22 bits per heavy atom. The second kappa shape index (κ2) is 5.63. The number of halogens is 2. The first-order valence-electron chi connectivity index (χ1n) is 5.75. The minimum Gasteiger partial charge on any atom is -0.388 e. The van der Waals surface area contributed by atoms with Crippen LogP contribution in [0.3, 0.4) is 0 Å². The molecule has 2 rings (SSSR count). The highest BCUT2D eigenvalue weighted by Gasteiger charge is 2.16. The highest BCUT2D eigenvalue weighted by molar-refractivity contribution is 9.10. The summed E-state index contributed by atoms with van der Waals surface area (Å²) in [5, 5.41) is 10.2. The van der Waals surface area contributed by atoms with E-state index in [1.807, 2.05) is 31.2 Å². The van der Waals surface area contributed by atoms with Gasteiger partial charge in [0, 0.05) is 16.5 Å². The lowest BCUT2D eigenvalue weighted by atomic mass is 10.00. The summed E-state index contributed by atoms with van der Waals surface area (Å²) in [5.74, 6) is -0.385. The van der Waals surface area contributed by atoms with Crippen LogP contribution in [0.5, 0.6) is 0 Å². The van der Waals surface area contributed by atoms with Crippen molar-refractivity contribution in [3.8, 4) is 0 Å². The average molecular weight is 309 g/mol. The Morgan fingerprint density at radius 2 is 1.94 bits per heavy atom. The van der Waals surface area contributed by atoms with Crippen LogP contribution in [0.25, 0.3) is 0 Å². The zero-order valence-electron chi connectivity index (χ0n) is 10.0. The molecule has 0 aliphatic carbocycles. The number of aryl methyl sites for hydroxylation is 1. The van der Waals surface area contributed by atoms with E-state index in [0.29, 0.717) is 16.5 Å². The van der Waals surface area contributed by atoms with Crippen molar-refractivity contribution < 1.29 is 9.50 Å². The van der Waals surface area contributed by atoms with Gasteiger partial charge in [0.15, 0.2) is 0 Å². The molecule has 0 heterocycles. The molecule has 2 aromatic carbocycles. The number of hydrogen-bond acceptors (Lipinski definition) is 1. The van der Waals surface area contributed by atoms with Crippen molar-refractivity contribution in [2.75, 3.05) is 0 Å². The molecule has 0 fully saturated rings. The minimum atomic E-state index is -0.845. The van der Waals surface area contributed by atoms with Gasteiger partial charge < -0.3 is 5.11 Å². The molecule has 0 aliphatic rings. The largest absolute Gasteiger partial charge is 0.388 e. The topological polar surface area (TPSA) is 20.2 Å². The monoisotopic (exact) mass is 308 g/mol. The zero-order valence-corrected chi connectivity index (χ0v) is 11.6. The summed E-state index contributed by atoms with van der Waals surface area (Å²) in [4.78, 5) is 0. The summed E-state index contributed by atoms with van der Waals surface area (Å²) in [6.07, 6.45) is -0.441. The molecule has 3 heteroatoms. The summed E-state index contributed by atoms with van der Waals surface area (Å²) >= 11 is 3.28. The van der Waals surface area contributed by atoms with Crippen LogP contribution in [0.4, 0.5) is 4.39 Å². The molecule has 1 unspecified atom stereocenters. The maximum Gasteiger partial charge on any atom is 0.130 e. The van der Waals surface area contributed by atoms with E-state index >= 15 is 0 Å². The summed E-state index contributed by atoms with van der Waals surface area (Å²) in [6, 6.07) is 12.6. The molecule has 0 radical (unpaired) electrons. The van der Waals surface area contributed by atoms with Crippen LogP contribution in [0.1, 0.15) is 22.8 Å². The van der Waals surface area contributed by atoms with Gasteiger partial charge in [-0.2, -0.15) is 0 Å². The Morgan fingerprint density at radius 3 is 2.61 bits per heavy atom. The Balaban J connectivity index is 2.25. The quantitative estimate of drug-likeness (QED) is 0.902. The van der Waals surface area contributed by atoms with E-state index in [2.05, 4.69) is 15.9 Å². The molecule has 2 aromatic rings. The molecule has 0 saturated heterocycles. The first kappa shape index (κ1) is 13.2. The Kier molecular flexibility index (Phi) is 4.15. The van der Waals surface area contributed by atoms with Crippen molar-refractivity contribution in [1.29, 1.82) is 0 Å². The lowest BCUT2D eigenvalue weighted by molar-refractivity contribution is 0.173. The Bertz CT molecular complexity index is 534. The van der Waals surface area contributed by atoms with Gasteiger partial charge in [0.1, 0.15) is 5.82 Å². The lowest BCUT2D eigenvalue weighted by Crippen LogP contribution is -2.05. The van der Waals surface area contributed by atoms with Crippen LogP contribution in [0, 0.1) is 12.7 Å². The van der Waals surface area contributed by atoms with E-state index < -0.39 is 6.10 Å². The SMILES string of the molecule is Cc1cccc(CC(O)c2c(F)cccc2Br)c1. The summed E-state index contributed by atoms with van der Waals surface area (Å²) in [6.45, 7) is 1.99. The molecule has 0 bridgehead atoms. The van der Waals surface area contributed by atoms with E-state index in [4.69, 9.17) is 0 Å². The van der Waals surface area contributed by atoms with Crippen LogP contribution in [-0.4, -0.2) is 5.11 Å². The lowest BCUT2D eigenvalue weighted by Gasteiger charge is -2.14. The predicted octanol–water partition coefficient (Wildman–Crippen LogP) is 4.17. The van der Waals surface area contributed by atoms with Crippen molar-refractivity contribution in [2.24, 2.45) is 0 Å². The fourth-order valence-electron chi connectivity index (χ4n) is 1.99. The molecule has 1 atom stereocenters. The molecule has 18 heavy (non-hydrogen) atoms. The van der Waals surface area contributed by atoms with Crippen molar-refractivity contribution in [1.82, 2.24) is 0 Å². The van der Waals surface area contributed by atoms with E-state index in [1.54, 1.807) is 12.1 Å². The van der Waals surface area contributed by atoms with Gasteiger partial charge >= 0.3 is 0 Å². The van der Waals surface area contributed by atoms with E-state index in [9.17, 15) is 9.50 Å². The van der Waals surface area contributed by atoms with Gasteiger partial charge in [0.2, 0.25) is 0 Å². The fraction of sp³-hybridized carbons (Fsp3) is 0.200. The third kappa shape index (κ3) is 2.98. The van der Waals surface area contributed by atoms with Crippen molar-refractivity contribution in [3.63, 3.8) is 0 Å². The van der Waals surface area contributed by atoms with Gasteiger partial charge in [0.25, 0.3) is 0 Å². The number of hydrogen-bond donors (Lipinski definition) is 1. The average Bonchev–Trinajstić information content (AvgIpc) is 2.28. The van der Waals surface area contributed by atoms with E-state index in [1.165, 1.54) is 6.07 Å². The second-order valence-electron chi connectivity index (χ2n) is 4.34. The van der Waals surface area contributed by atoms with E-state index in [-0.39, 0.29) is 5.82 Å². The maximum atomic E-state index is 13.7. The summed E-state index contributed by atoms with van der Waals surface area (Å²) in [5.41, 5.74) is 2.45. The molecule has 94 valence electrons. The predicted molar refractivity (Wildman–Crippen MR) is 73.9 cm³/mol. The van der Waals surface area contributed by atoms with Gasteiger partial charge in [-0.25, -0.2) is 4.39 Å². The maximum absolute atomic E-state index is 13.7. The molecule has 1 N–H and O–H groups in total. The van der Waals surface area contributed by atoms with Gasteiger partial charge in [-0.1, -0.05) is 51.8 Å². The molecular weight excluding hydrogens is 295 g/mol. The normalized spacial score (nSPS) is 12.4. The molecule has 0 aromatic heterocycles. The molecule has 1 nitrogen and oxygen atoms in total. The number of rotatable bonds is 3. The van der Waals surface area contributed by atoms with Gasteiger partial charge in [-0.05, 0) is 24.6 Å². The number of aliphatic hydroxyl groups is 1. The molecule has 0 aliphatic heterocycles. The Hall–Kier alpha value is -1.19. The number of benzene rings is 2. The smallest absolute Gasteiger partial charge is 0.130 e. The third-order valence-electron chi connectivity index (χ3n) is 2.84. The van der Waals surface area contributed by atoms with Gasteiger partial charge in [-0.15, -0.1) is 0 Å². The highest BCUT2D eigenvalue weighted by Crippen LogP contribution is 2.28. The van der Waals surface area contributed by atoms with Crippen LogP contribution in [-0.2, 0) is 6.42 Å². The van der Waals surface area contributed by atoms with E-state index in [0.717, 1.165) is 11.1 Å².